The van der Waals surface area contributed by atoms with E-state index in [0.29, 0.717) is 0 Å². The Labute approximate surface area is 96.9 Å². The first-order valence-corrected chi connectivity index (χ1v) is 5.72. The standard InChI is InChI=1S/C9H14IN3O/c1-9(2)7(3-4-14-9)13-8(11)6(10)5-12-13/h5,7H,3-4,11H2,1-2H3. The maximum absolute atomic E-state index is 5.94. The molecule has 5 heteroatoms. The fourth-order valence-corrected chi connectivity index (χ4v) is 2.26. The molecule has 78 valence electrons. The van der Waals surface area contributed by atoms with Gasteiger partial charge in [0.25, 0.3) is 0 Å². The smallest absolute Gasteiger partial charge is 0.135 e. The Balaban J connectivity index is 2.36. The third kappa shape index (κ3) is 1.52. The van der Waals surface area contributed by atoms with E-state index in [-0.39, 0.29) is 11.6 Å². The zero-order valence-corrected chi connectivity index (χ0v) is 10.5. The molecule has 14 heavy (non-hydrogen) atoms. The Bertz CT molecular complexity index is 348. The van der Waals surface area contributed by atoms with Gasteiger partial charge in [-0.1, -0.05) is 0 Å². The number of hydrogen-bond acceptors (Lipinski definition) is 3. The molecule has 1 atom stereocenters. The highest BCUT2D eigenvalue weighted by Crippen LogP contribution is 2.37. The Hall–Kier alpha value is -0.300. The SMILES string of the molecule is CC1(C)OCCC1n1ncc(I)c1N. The number of rotatable bonds is 1. The van der Waals surface area contributed by atoms with Crippen LogP contribution in [-0.2, 0) is 4.74 Å². The van der Waals surface area contributed by atoms with Gasteiger partial charge in [0.15, 0.2) is 0 Å². The van der Waals surface area contributed by atoms with Crippen LogP contribution in [-0.4, -0.2) is 22.0 Å². The van der Waals surface area contributed by atoms with E-state index in [1.165, 1.54) is 0 Å². The van der Waals surface area contributed by atoms with E-state index >= 15 is 0 Å². The minimum atomic E-state index is -0.163. The maximum Gasteiger partial charge on any atom is 0.135 e. The molecule has 4 nitrogen and oxygen atoms in total. The second-order valence-electron chi connectivity index (χ2n) is 4.08. The number of halogens is 1. The summed E-state index contributed by atoms with van der Waals surface area (Å²) < 4.78 is 8.54. The van der Waals surface area contributed by atoms with Crippen molar-refractivity contribution in [2.45, 2.75) is 31.9 Å². The second kappa shape index (κ2) is 3.37. The molecule has 0 saturated carbocycles. The number of aromatic nitrogens is 2. The first-order chi connectivity index (χ1) is 6.52. The molecule has 2 rings (SSSR count). The summed E-state index contributed by atoms with van der Waals surface area (Å²) in [6, 6.07) is 0.256. The Morgan fingerprint density at radius 2 is 2.43 bits per heavy atom. The third-order valence-electron chi connectivity index (χ3n) is 2.75. The number of anilines is 1. The lowest BCUT2D eigenvalue weighted by Crippen LogP contribution is -2.31. The van der Waals surface area contributed by atoms with Crippen molar-refractivity contribution in [3.8, 4) is 0 Å². The average molecular weight is 307 g/mol. The van der Waals surface area contributed by atoms with E-state index in [1.807, 2.05) is 4.68 Å². The fourth-order valence-electron chi connectivity index (χ4n) is 1.89. The van der Waals surface area contributed by atoms with Crippen molar-refractivity contribution in [2.75, 3.05) is 12.3 Å². The van der Waals surface area contributed by atoms with Crippen molar-refractivity contribution in [1.82, 2.24) is 9.78 Å². The van der Waals surface area contributed by atoms with Gasteiger partial charge in [-0.15, -0.1) is 0 Å². The molecule has 0 aromatic carbocycles. The lowest BCUT2D eigenvalue weighted by molar-refractivity contribution is 0.0123. The van der Waals surface area contributed by atoms with Gasteiger partial charge >= 0.3 is 0 Å². The van der Waals surface area contributed by atoms with Gasteiger partial charge in [-0.2, -0.15) is 5.10 Å². The molecule has 0 bridgehead atoms. The molecule has 0 spiro atoms. The predicted molar refractivity (Wildman–Crippen MR) is 63.0 cm³/mol. The van der Waals surface area contributed by atoms with Crippen LogP contribution in [0.15, 0.2) is 6.20 Å². The zero-order chi connectivity index (χ0) is 10.3. The Kier molecular flexibility index (Phi) is 2.46. The molecule has 0 amide bonds. The van der Waals surface area contributed by atoms with E-state index in [2.05, 4.69) is 41.5 Å². The molecule has 1 aromatic rings. The fraction of sp³-hybridized carbons (Fsp3) is 0.667. The molecule has 1 saturated heterocycles. The largest absolute Gasteiger partial charge is 0.383 e. The summed E-state index contributed by atoms with van der Waals surface area (Å²) in [5, 5.41) is 4.30. The van der Waals surface area contributed by atoms with Crippen LogP contribution in [0.5, 0.6) is 0 Å². The summed E-state index contributed by atoms with van der Waals surface area (Å²) in [6.07, 6.45) is 2.78. The van der Waals surface area contributed by atoms with Gasteiger partial charge in [0.2, 0.25) is 0 Å². The van der Waals surface area contributed by atoms with Crippen molar-refractivity contribution in [2.24, 2.45) is 0 Å². The van der Waals surface area contributed by atoms with Crippen LogP contribution in [0.2, 0.25) is 0 Å². The van der Waals surface area contributed by atoms with Crippen molar-refractivity contribution >= 4 is 28.4 Å². The number of nitrogens with zero attached hydrogens (tertiary/aromatic N) is 2. The highest BCUT2D eigenvalue weighted by molar-refractivity contribution is 14.1. The van der Waals surface area contributed by atoms with E-state index < -0.39 is 0 Å². The molecule has 1 aliphatic heterocycles. The van der Waals surface area contributed by atoms with Crippen molar-refractivity contribution < 1.29 is 4.74 Å². The lowest BCUT2D eigenvalue weighted by atomic mass is 9.99. The minimum absolute atomic E-state index is 0.163. The van der Waals surface area contributed by atoms with Crippen molar-refractivity contribution in [3.63, 3.8) is 0 Å². The molecule has 2 heterocycles. The Morgan fingerprint density at radius 3 is 2.86 bits per heavy atom. The van der Waals surface area contributed by atoms with Gasteiger partial charge < -0.3 is 10.5 Å². The highest BCUT2D eigenvalue weighted by Gasteiger charge is 2.38. The van der Waals surface area contributed by atoms with Gasteiger partial charge in [0, 0.05) is 6.61 Å². The third-order valence-corrected chi connectivity index (χ3v) is 3.58. The van der Waals surface area contributed by atoms with Gasteiger partial charge in [-0.25, -0.2) is 4.68 Å². The van der Waals surface area contributed by atoms with Gasteiger partial charge in [0.1, 0.15) is 5.82 Å². The van der Waals surface area contributed by atoms with Crippen LogP contribution in [0, 0.1) is 3.57 Å². The number of ether oxygens (including phenoxy) is 1. The lowest BCUT2D eigenvalue weighted by Gasteiger charge is -2.26. The van der Waals surface area contributed by atoms with E-state index in [0.717, 1.165) is 22.4 Å². The van der Waals surface area contributed by atoms with Crippen LogP contribution < -0.4 is 5.73 Å². The van der Waals surface area contributed by atoms with Crippen LogP contribution in [0.1, 0.15) is 26.3 Å². The molecule has 1 aromatic heterocycles. The van der Waals surface area contributed by atoms with Gasteiger partial charge in [0.05, 0.1) is 21.4 Å². The number of nitrogens with two attached hydrogens (primary N) is 1. The average Bonchev–Trinajstić information content (AvgIpc) is 2.59. The second-order valence-corrected chi connectivity index (χ2v) is 5.24. The predicted octanol–water partition coefficient (Wildman–Crippen LogP) is 1.81. The summed E-state index contributed by atoms with van der Waals surface area (Å²) in [4.78, 5) is 0. The number of hydrogen-bond donors (Lipinski definition) is 1. The van der Waals surface area contributed by atoms with Crippen LogP contribution in [0.25, 0.3) is 0 Å². The first kappa shape index (κ1) is 10.2. The normalized spacial score (nSPS) is 25.5. The highest BCUT2D eigenvalue weighted by atomic mass is 127. The summed E-state index contributed by atoms with van der Waals surface area (Å²) in [5.74, 6) is 0.745. The Morgan fingerprint density at radius 1 is 1.71 bits per heavy atom. The summed E-state index contributed by atoms with van der Waals surface area (Å²) in [7, 11) is 0. The molecule has 0 aliphatic carbocycles. The van der Waals surface area contributed by atoms with E-state index in [1.54, 1.807) is 6.20 Å². The summed E-state index contributed by atoms with van der Waals surface area (Å²) >= 11 is 2.19. The molecule has 1 fully saturated rings. The quantitative estimate of drug-likeness (QED) is 0.805. The molecular weight excluding hydrogens is 293 g/mol. The molecule has 1 unspecified atom stereocenters. The minimum Gasteiger partial charge on any atom is -0.383 e. The van der Waals surface area contributed by atoms with Crippen LogP contribution in [0.3, 0.4) is 0 Å². The summed E-state index contributed by atoms with van der Waals surface area (Å²) in [6.45, 7) is 4.95. The van der Waals surface area contributed by atoms with Gasteiger partial charge in [-0.05, 0) is 42.9 Å². The monoisotopic (exact) mass is 307 g/mol. The van der Waals surface area contributed by atoms with Crippen LogP contribution >= 0.6 is 22.6 Å². The van der Waals surface area contributed by atoms with Crippen LogP contribution in [0.4, 0.5) is 5.82 Å². The zero-order valence-electron chi connectivity index (χ0n) is 8.33. The van der Waals surface area contributed by atoms with Crippen molar-refractivity contribution in [1.29, 1.82) is 0 Å². The molecule has 1 aliphatic rings. The van der Waals surface area contributed by atoms with E-state index in [4.69, 9.17) is 10.5 Å². The summed E-state index contributed by atoms with van der Waals surface area (Å²) in [5.41, 5.74) is 5.78. The first-order valence-electron chi connectivity index (χ1n) is 4.65. The topological polar surface area (TPSA) is 53.1 Å². The molecule has 2 N–H and O–H groups in total. The van der Waals surface area contributed by atoms with Crippen molar-refractivity contribution in [3.05, 3.63) is 9.77 Å². The maximum atomic E-state index is 5.94. The van der Waals surface area contributed by atoms with E-state index in [9.17, 15) is 0 Å². The van der Waals surface area contributed by atoms with Gasteiger partial charge in [-0.3, -0.25) is 0 Å². The molecule has 0 radical (unpaired) electrons. The number of nitrogen functional groups attached to an aromatic ring is 1. The molecular formula is C9H14IN3O.